The number of pyridine rings is 2. The molecule has 0 atom stereocenters. The second kappa shape index (κ2) is 4.57. The van der Waals surface area contributed by atoms with Crippen LogP contribution in [0.4, 0.5) is 17.2 Å². The van der Waals surface area contributed by atoms with Crippen molar-refractivity contribution in [2.24, 2.45) is 0 Å². The lowest BCUT2D eigenvalue weighted by atomic mass is 10.1. The summed E-state index contributed by atoms with van der Waals surface area (Å²) in [7, 11) is 0. The van der Waals surface area contributed by atoms with Crippen LogP contribution < -0.4 is 11.1 Å². The lowest BCUT2D eigenvalue weighted by Crippen LogP contribution is -1.96. The average Bonchev–Trinajstić information content (AvgIpc) is 2.38. The van der Waals surface area contributed by atoms with Crippen LogP contribution in [0.15, 0.2) is 48.7 Å². The first-order valence-electron chi connectivity index (χ1n) is 6.07. The zero-order chi connectivity index (χ0) is 13.2. The predicted molar refractivity (Wildman–Crippen MR) is 78.4 cm³/mol. The molecule has 0 fully saturated rings. The van der Waals surface area contributed by atoms with Crippen LogP contribution in [0.2, 0.25) is 0 Å². The van der Waals surface area contributed by atoms with Gasteiger partial charge in [-0.15, -0.1) is 0 Å². The quantitative estimate of drug-likeness (QED) is 0.732. The third-order valence-corrected chi connectivity index (χ3v) is 2.90. The van der Waals surface area contributed by atoms with Crippen molar-refractivity contribution in [2.45, 2.75) is 6.92 Å². The van der Waals surface area contributed by atoms with Gasteiger partial charge in [0.2, 0.25) is 0 Å². The summed E-state index contributed by atoms with van der Waals surface area (Å²) in [5.41, 5.74) is 9.59. The van der Waals surface area contributed by atoms with Gasteiger partial charge in [-0.3, -0.25) is 4.98 Å². The lowest BCUT2D eigenvalue weighted by Gasteiger charge is -2.10. The highest BCUT2D eigenvalue weighted by molar-refractivity contribution is 5.93. The van der Waals surface area contributed by atoms with Gasteiger partial charge in [0.15, 0.2) is 0 Å². The van der Waals surface area contributed by atoms with Gasteiger partial charge in [-0.1, -0.05) is 18.2 Å². The van der Waals surface area contributed by atoms with Crippen molar-refractivity contribution < 1.29 is 0 Å². The van der Waals surface area contributed by atoms with E-state index in [0.29, 0.717) is 5.82 Å². The monoisotopic (exact) mass is 250 g/mol. The summed E-state index contributed by atoms with van der Waals surface area (Å²) >= 11 is 0. The van der Waals surface area contributed by atoms with Crippen LogP contribution in [-0.4, -0.2) is 9.97 Å². The minimum absolute atomic E-state index is 0.500. The molecule has 0 bridgehead atoms. The summed E-state index contributed by atoms with van der Waals surface area (Å²) in [6, 6.07) is 13.8. The maximum atomic E-state index is 5.69. The van der Waals surface area contributed by atoms with E-state index in [1.807, 2.05) is 43.3 Å². The van der Waals surface area contributed by atoms with E-state index in [4.69, 9.17) is 5.73 Å². The number of hydrogen-bond acceptors (Lipinski definition) is 4. The molecule has 0 saturated carbocycles. The SMILES string of the molecule is Cc1cc(Nc2ccnc(N)c2)c2ccccc2n1. The zero-order valence-electron chi connectivity index (χ0n) is 10.6. The molecule has 94 valence electrons. The maximum Gasteiger partial charge on any atom is 0.125 e. The molecule has 0 aliphatic carbocycles. The summed E-state index contributed by atoms with van der Waals surface area (Å²) in [5.74, 6) is 0.500. The van der Waals surface area contributed by atoms with E-state index in [0.717, 1.165) is 28.0 Å². The van der Waals surface area contributed by atoms with Crippen molar-refractivity contribution in [1.82, 2.24) is 9.97 Å². The molecule has 0 radical (unpaired) electrons. The van der Waals surface area contributed by atoms with Crippen LogP contribution in [0.1, 0.15) is 5.69 Å². The minimum Gasteiger partial charge on any atom is -0.384 e. The molecule has 0 saturated heterocycles. The number of fused-ring (bicyclic) bond motifs is 1. The van der Waals surface area contributed by atoms with Crippen LogP contribution in [0.3, 0.4) is 0 Å². The first kappa shape index (κ1) is 11.5. The standard InChI is InChI=1S/C15H14N4/c1-10-8-14(12-4-2-3-5-13(12)18-10)19-11-6-7-17-15(16)9-11/h2-9H,1H3,(H3,16,17,18,19). The zero-order valence-corrected chi connectivity index (χ0v) is 10.6. The van der Waals surface area contributed by atoms with Gasteiger partial charge in [0, 0.05) is 34.7 Å². The highest BCUT2D eigenvalue weighted by atomic mass is 14.9. The maximum absolute atomic E-state index is 5.69. The molecule has 0 aliphatic heterocycles. The number of anilines is 3. The molecular weight excluding hydrogens is 236 g/mol. The van der Waals surface area contributed by atoms with E-state index in [9.17, 15) is 0 Å². The number of nitrogens with two attached hydrogens (primary N) is 1. The first-order valence-corrected chi connectivity index (χ1v) is 6.07. The molecule has 4 nitrogen and oxygen atoms in total. The summed E-state index contributed by atoms with van der Waals surface area (Å²) in [6.07, 6.45) is 1.69. The van der Waals surface area contributed by atoms with Crippen molar-refractivity contribution in [2.75, 3.05) is 11.1 Å². The Morgan fingerprint density at radius 2 is 1.95 bits per heavy atom. The fourth-order valence-electron chi connectivity index (χ4n) is 2.09. The molecular formula is C15H14N4. The van der Waals surface area contributed by atoms with Gasteiger partial charge in [-0.05, 0) is 25.1 Å². The Bertz CT molecular complexity index is 737. The molecule has 3 aromatic rings. The largest absolute Gasteiger partial charge is 0.384 e. The Kier molecular flexibility index (Phi) is 2.76. The number of para-hydroxylation sites is 1. The van der Waals surface area contributed by atoms with Crippen LogP contribution >= 0.6 is 0 Å². The minimum atomic E-state index is 0.500. The Balaban J connectivity index is 2.09. The molecule has 2 heterocycles. The fraction of sp³-hybridized carbons (Fsp3) is 0.0667. The second-order valence-corrected chi connectivity index (χ2v) is 4.42. The second-order valence-electron chi connectivity index (χ2n) is 4.42. The Hall–Kier alpha value is -2.62. The van der Waals surface area contributed by atoms with Crippen molar-refractivity contribution >= 4 is 28.1 Å². The van der Waals surface area contributed by atoms with Gasteiger partial charge in [0.05, 0.1) is 5.52 Å². The average molecular weight is 250 g/mol. The van der Waals surface area contributed by atoms with Crippen molar-refractivity contribution in [3.8, 4) is 0 Å². The molecule has 19 heavy (non-hydrogen) atoms. The number of nitrogens with one attached hydrogen (secondary N) is 1. The summed E-state index contributed by atoms with van der Waals surface area (Å²) in [6.45, 7) is 1.98. The number of rotatable bonds is 2. The van der Waals surface area contributed by atoms with Gasteiger partial charge in [0.25, 0.3) is 0 Å². The molecule has 0 aliphatic rings. The lowest BCUT2D eigenvalue weighted by molar-refractivity contribution is 1.25. The number of benzene rings is 1. The smallest absolute Gasteiger partial charge is 0.125 e. The van der Waals surface area contributed by atoms with E-state index < -0.39 is 0 Å². The van der Waals surface area contributed by atoms with Gasteiger partial charge in [-0.2, -0.15) is 0 Å². The van der Waals surface area contributed by atoms with E-state index in [1.54, 1.807) is 6.20 Å². The van der Waals surface area contributed by atoms with Crippen LogP contribution in [-0.2, 0) is 0 Å². The highest BCUT2D eigenvalue weighted by Gasteiger charge is 2.04. The number of hydrogen-bond donors (Lipinski definition) is 2. The van der Waals surface area contributed by atoms with E-state index in [2.05, 4.69) is 21.4 Å². The molecule has 4 heteroatoms. The summed E-state index contributed by atoms with van der Waals surface area (Å²) in [5, 5.41) is 4.46. The highest BCUT2D eigenvalue weighted by Crippen LogP contribution is 2.26. The molecule has 1 aromatic carbocycles. The molecule has 2 aromatic heterocycles. The molecule has 0 unspecified atom stereocenters. The predicted octanol–water partition coefficient (Wildman–Crippen LogP) is 3.26. The van der Waals surface area contributed by atoms with E-state index in [1.165, 1.54) is 0 Å². The number of nitrogen functional groups attached to an aromatic ring is 1. The Morgan fingerprint density at radius 1 is 1.11 bits per heavy atom. The summed E-state index contributed by atoms with van der Waals surface area (Å²) in [4.78, 5) is 8.51. The van der Waals surface area contributed by atoms with Crippen LogP contribution in [0.25, 0.3) is 10.9 Å². The number of aryl methyl sites for hydroxylation is 1. The van der Waals surface area contributed by atoms with E-state index >= 15 is 0 Å². The van der Waals surface area contributed by atoms with Crippen LogP contribution in [0.5, 0.6) is 0 Å². The molecule has 0 spiro atoms. The van der Waals surface area contributed by atoms with Gasteiger partial charge in [0.1, 0.15) is 5.82 Å². The van der Waals surface area contributed by atoms with E-state index in [-0.39, 0.29) is 0 Å². The van der Waals surface area contributed by atoms with Crippen molar-refractivity contribution in [1.29, 1.82) is 0 Å². The van der Waals surface area contributed by atoms with Gasteiger partial charge in [-0.25, -0.2) is 4.98 Å². The molecule has 0 amide bonds. The summed E-state index contributed by atoms with van der Waals surface area (Å²) < 4.78 is 0. The molecule has 3 N–H and O–H groups in total. The molecule has 3 rings (SSSR count). The topological polar surface area (TPSA) is 63.8 Å². The third-order valence-electron chi connectivity index (χ3n) is 2.90. The van der Waals surface area contributed by atoms with Gasteiger partial charge >= 0.3 is 0 Å². The van der Waals surface area contributed by atoms with Crippen LogP contribution in [0, 0.1) is 6.92 Å². The normalized spacial score (nSPS) is 10.6. The Labute approximate surface area is 111 Å². The third kappa shape index (κ3) is 2.33. The number of aromatic nitrogens is 2. The first-order chi connectivity index (χ1) is 9.22. The fourth-order valence-corrected chi connectivity index (χ4v) is 2.09. The van der Waals surface area contributed by atoms with Crippen molar-refractivity contribution in [3.05, 3.63) is 54.4 Å². The Morgan fingerprint density at radius 3 is 2.79 bits per heavy atom. The van der Waals surface area contributed by atoms with Crippen molar-refractivity contribution in [3.63, 3.8) is 0 Å². The van der Waals surface area contributed by atoms with Gasteiger partial charge < -0.3 is 11.1 Å². The number of nitrogens with zero attached hydrogens (tertiary/aromatic N) is 2.